The van der Waals surface area contributed by atoms with Crippen molar-refractivity contribution in [2.24, 2.45) is 0 Å². The van der Waals surface area contributed by atoms with Crippen LogP contribution in [0.4, 0.5) is 22.0 Å². The molecule has 2 aromatic heterocycles. The van der Waals surface area contributed by atoms with Crippen LogP contribution in [0.3, 0.4) is 0 Å². The number of alkyl halides is 5. The minimum Gasteiger partial charge on any atom is -0.456 e. The van der Waals surface area contributed by atoms with Crippen LogP contribution in [0.5, 0.6) is 0 Å². The van der Waals surface area contributed by atoms with Gasteiger partial charge in [0.25, 0.3) is 6.43 Å². The van der Waals surface area contributed by atoms with Crippen LogP contribution in [-0.2, 0) is 19.6 Å². The highest BCUT2D eigenvalue weighted by molar-refractivity contribution is 7.89. The molecule has 0 radical (unpaired) electrons. The lowest BCUT2D eigenvalue weighted by Gasteiger charge is -2.28. The second kappa shape index (κ2) is 9.53. The standard InChI is InChI=1S/C22H20F5N3O4S/c23-19(24)18-11-17-16(9-10-28-20(17)29-18)12-1-7-15(8-2-12)35(32,33)30-13-3-5-14(6-4-13)34-21(31)22(25,26)27/h1-2,7-11,13-14,19,30H,3-6H2,(H,28,29). The van der Waals surface area contributed by atoms with Gasteiger partial charge in [0.05, 0.1) is 10.6 Å². The Balaban J connectivity index is 1.43. The molecule has 2 N–H and O–H groups in total. The molecule has 0 aliphatic heterocycles. The summed E-state index contributed by atoms with van der Waals surface area (Å²) in [5, 5.41) is 0.472. The van der Waals surface area contributed by atoms with E-state index in [0.29, 0.717) is 16.5 Å². The Labute approximate surface area is 196 Å². The molecule has 35 heavy (non-hydrogen) atoms. The quantitative estimate of drug-likeness (QED) is 0.359. The summed E-state index contributed by atoms with van der Waals surface area (Å²) >= 11 is 0. The lowest BCUT2D eigenvalue weighted by Crippen LogP contribution is -2.40. The Hall–Kier alpha value is -3.06. The number of nitrogens with one attached hydrogen (secondary N) is 2. The van der Waals surface area contributed by atoms with Crippen molar-refractivity contribution >= 4 is 27.0 Å². The minimum absolute atomic E-state index is 0.0282. The molecule has 13 heteroatoms. The summed E-state index contributed by atoms with van der Waals surface area (Å²) in [4.78, 5) is 17.5. The van der Waals surface area contributed by atoms with Crippen molar-refractivity contribution in [1.29, 1.82) is 0 Å². The molecule has 0 spiro atoms. The summed E-state index contributed by atoms with van der Waals surface area (Å²) in [5.74, 6) is -2.25. The molecule has 1 aliphatic carbocycles. The summed E-state index contributed by atoms with van der Waals surface area (Å²) in [6.07, 6.45) is -6.60. The van der Waals surface area contributed by atoms with Gasteiger partial charge in [0.1, 0.15) is 11.8 Å². The largest absolute Gasteiger partial charge is 0.490 e. The average molecular weight is 517 g/mol. The fraction of sp³-hybridized carbons (Fsp3) is 0.364. The second-order valence-corrected chi connectivity index (χ2v) is 9.88. The molecule has 0 atom stereocenters. The molecule has 0 unspecified atom stereocenters. The topological polar surface area (TPSA) is 101 Å². The number of benzene rings is 1. The average Bonchev–Trinajstić information content (AvgIpc) is 3.25. The lowest BCUT2D eigenvalue weighted by molar-refractivity contribution is -0.206. The van der Waals surface area contributed by atoms with Crippen molar-refractivity contribution < 1.29 is 39.9 Å². The third kappa shape index (κ3) is 5.61. The highest BCUT2D eigenvalue weighted by atomic mass is 32.2. The highest BCUT2D eigenvalue weighted by Crippen LogP contribution is 2.32. The molecule has 0 amide bonds. The van der Waals surface area contributed by atoms with Crippen molar-refractivity contribution in [3.05, 3.63) is 48.3 Å². The van der Waals surface area contributed by atoms with Gasteiger partial charge in [-0.25, -0.2) is 31.7 Å². The van der Waals surface area contributed by atoms with E-state index in [9.17, 15) is 35.2 Å². The maximum absolute atomic E-state index is 13.0. The van der Waals surface area contributed by atoms with Crippen LogP contribution in [0.1, 0.15) is 37.8 Å². The van der Waals surface area contributed by atoms with Gasteiger partial charge >= 0.3 is 12.1 Å². The van der Waals surface area contributed by atoms with Gasteiger partial charge in [0.2, 0.25) is 10.0 Å². The predicted molar refractivity (Wildman–Crippen MR) is 115 cm³/mol. The van der Waals surface area contributed by atoms with E-state index in [1.165, 1.54) is 24.4 Å². The van der Waals surface area contributed by atoms with Crippen molar-refractivity contribution in [3.63, 3.8) is 0 Å². The van der Waals surface area contributed by atoms with Crippen LogP contribution in [0, 0.1) is 0 Å². The van der Waals surface area contributed by atoms with E-state index in [1.807, 2.05) is 0 Å². The molecule has 1 aromatic carbocycles. The Morgan fingerprint density at radius 1 is 1.09 bits per heavy atom. The Kier molecular flexibility index (Phi) is 6.82. The van der Waals surface area contributed by atoms with E-state index in [4.69, 9.17) is 0 Å². The molecule has 0 bridgehead atoms. The van der Waals surface area contributed by atoms with Gasteiger partial charge in [-0.15, -0.1) is 0 Å². The molecule has 1 saturated carbocycles. The maximum atomic E-state index is 13.0. The summed E-state index contributed by atoms with van der Waals surface area (Å²) in [6.45, 7) is 0. The van der Waals surface area contributed by atoms with Gasteiger partial charge in [0.15, 0.2) is 0 Å². The maximum Gasteiger partial charge on any atom is 0.490 e. The second-order valence-electron chi connectivity index (χ2n) is 8.17. The van der Waals surface area contributed by atoms with Crippen LogP contribution < -0.4 is 4.72 Å². The van der Waals surface area contributed by atoms with Gasteiger partial charge in [-0.05, 0) is 61.1 Å². The summed E-state index contributed by atoms with van der Waals surface area (Å²) in [6, 6.07) is 8.27. The number of rotatable bonds is 6. The van der Waals surface area contributed by atoms with Crippen LogP contribution in [0.25, 0.3) is 22.2 Å². The number of H-pyrrole nitrogens is 1. The number of halogens is 5. The number of aromatic nitrogens is 2. The van der Waals surface area contributed by atoms with Gasteiger partial charge in [-0.2, -0.15) is 13.2 Å². The first-order valence-electron chi connectivity index (χ1n) is 10.6. The van der Waals surface area contributed by atoms with Crippen LogP contribution in [-0.4, -0.2) is 42.7 Å². The fourth-order valence-electron chi connectivity index (χ4n) is 4.03. The zero-order valence-electron chi connectivity index (χ0n) is 18.0. The molecule has 1 fully saturated rings. The first-order chi connectivity index (χ1) is 16.4. The number of esters is 1. The number of ether oxygens (including phenoxy) is 1. The number of aromatic amines is 1. The first-order valence-corrected chi connectivity index (χ1v) is 12.1. The van der Waals surface area contributed by atoms with E-state index in [-0.39, 0.29) is 41.9 Å². The number of sulfonamides is 1. The lowest BCUT2D eigenvalue weighted by atomic mass is 9.94. The van der Waals surface area contributed by atoms with E-state index in [1.54, 1.807) is 18.2 Å². The zero-order valence-corrected chi connectivity index (χ0v) is 18.8. The first kappa shape index (κ1) is 25.0. The zero-order chi connectivity index (χ0) is 25.4. The summed E-state index contributed by atoms with van der Waals surface area (Å²) in [5.41, 5.74) is 1.21. The number of carbonyl (C=O) groups is 1. The molecule has 0 saturated heterocycles. The van der Waals surface area contributed by atoms with E-state index in [2.05, 4.69) is 19.4 Å². The summed E-state index contributed by atoms with van der Waals surface area (Å²) in [7, 11) is -3.93. The fourth-order valence-corrected chi connectivity index (χ4v) is 5.34. The minimum atomic E-state index is -5.07. The molecule has 1 aliphatic rings. The predicted octanol–water partition coefficient (Wildman–Crippen LogP) is 4.86. The highest BCUT2D eigenvalue weighted by Gasteiger charge is 2.42. The van der Waals surface area contributed by atoms with Gasteiger partial charge in [-0.1, -0.05) is 12.1 Å². The third-order valence-corrected chi connectivity index (χ3v) is 7.30. The van der Waals surface area contributed by atoms with Gasteiger partial charge < -0.3 is 9.72 Å². The number of nitrogens with zero attached hydrogens (tertiary/aromatic N) is 1. The van der Waals surface area contributed by atoms with Crippen molar-refractivity contribution in [2.45, 2.75) is 55.3 Å². The molecule has 3 aromatic rings. The Morgan fingerprint density at radius 3 is 2.34 bits per heavy atom. The van der Waals surface area contributed by atoms with Gasteiger partial charge in [-0.3, -0.25) is 0 Å². The normalized spacial score (nSPS) is 19.3. The summed E-state index contributed by atoms with van der Waals surface area (Å²) < 4.78 is 95.6. The number of hydrogen-bond acceptors (Lipinski definition) is 5. The molecular formula is C22H20F5N3O4S. The molecule has 2 heterocycles. The van der Waals surface area contributed by atoms with E-state index in [0.717, 1.165) is 0 Å². The van der Waals surface area contributed by atoms with Crippen molar-refractivity contribution in [3.8, 4) is 11.1 Å². The third-order valence-electron chi connectivity index (χ3n) is 5.76. The SMILES string of the molecule is O=C(OC1CCC(NS(=O)(=O)c2ccc(-c3ccnc4[nH]c(C(F)F)cc34)cc2)CC1)C(F)(F)F. The van der Waals surface area contributed by atoms with Crippen LogP contribution in [0.2, 0.25) is 0 Å². The molecule has 7 nitrogen and oxygen atoms in total. The van der Waals surface area contributed by atoms with Crippen LogP contribution in [0.15, 0.2) is 47.5 Å². The molecule has 188 valence electrons. The molecular weight excluding hydrogens is 497 g/mol. The Morgan fingerprint density at radius 2 is 1.74 bits per heavy atom. The van der Waals surface area contributed by atoms with Gasteiger partial charge in [0, 0.05) is 17.6 Å². The monoisotopic (exact) mass is 517 g/mol. The smallest absolute Gasteiger partial charge is 0.456 e. The molecule has 4 rings (SSSR count). The number of carbonyl (C=O) groups excluding carboxylic acids is 1. The number of hydrogen-bond donors (Lipinski definition) is 2. The van der Waals surface area contributed by atoms with Crippen molar-refractivity contribution in [1.82, 2.24) is 14.7 Å². The van der Waals surface area contributed by atoms with E-state index >= 15 is 0 Å². The Bertz CT molecular complexity index is 1320. The van der Waals surface area contributed by atoms with Crippen molar-refractivity contribution in [2.75, 3.05) is 0 Å². The number of fused-ring (bicyclic) bond motifs is 1. The van der Waals surface area contributed by atoms with E-state index < -0.39 is 40.7 Å². The van der Waals surface area contributed by atoms with Crippen LogP contribution >= 0.6 is 0 Å². The number of pyridine rings is 1.